The van der Waals surface area contributed by atoms with Gasteiger partial charge in [0.25, 0.3) is 0 Å². The zero-order valence-electron chi connectivity index (χ0n) is 63.2. The molecule has 17 nitrogen and oxygen atoms in total. The van der Waals surface area contributed by atoms with Crippen molar-refractivity contribution in [2.24, 2.45) is 5.92 Å². The molecular weight excluding hydrogens is 1270 g/mol. The maximum atomic E-state index is 13.1. The van der Waals surface area contributed by atoms with Gasteiger partial charge in [-0.3, -0.25) is 37.3 Å². The Bertz CT molecular complexity index is 1860. The molecule has 576 valence electrons. The zero-order valence-corrected chi connectivity index (χ0v) is 65.0. The minimum absolute atomic E-state index is 0.108. The fourth-order valence-corrected chi connectivity index (χ4v) is 13.6. The van der Waals surface area contributed by atoms with Gasteiger partial charge in [-0.05, 0) is 31.6 Å². The summed E-state index contributed by atoms with van der Waals surface area (Å²) >= 11 is 0. The molecule has 2 unspecified atom stereocenters. The predicted molar refractivity (Wildman–Crippen MR) is 395 cm³/mol. The molecule has 0 bridgehead atoms. The van der Waals surface area contributed by atoms with Gasteiger partial charge in [-0.15, -0.1) is 0 Å². The maximum Gasteiger partial charge on any atom is 0.472 e. The summed E-state index contributed by atoms with van der Waals surface area (Å²) in [5, 5.41) is 10.6. The number of aliphatic hydroxyl groups is 1. The Morgan fingerprint density at radius 2 is 0.474 bits per heavy atom. The molecule has 5 atom stereocenters. The number of ether oxygens (including phenoxy) is 4. The van der Waals surface area contributed by atoms with E-state index in [9.17, 15) is 43.2 Å². The lowest BCUT2D eigenvalue weighted by atomic mass is 10.0. The molecule has 19 heteroatoms. The highest BCUT2D eigenvalue weighted by atomic mass is 31.2. The van der Waals surface area contributed by atoms with E-state index in [2.05, 4.69) is 34.6 Å². The van der Waals surface area contributed by atoms with E-state index in [-0.39, 0.29) is 25.7 Å². The molecule has 0 heterocycles. The first-order chi connectivity index (χ1) is 47.0. The molecule has 0 saturated heterocycles. The number of phosphoric acid groups is 2. The van der Waals surface area contributed by atoms with Gasteiger partial charge in [-0.25, -0.2) is 9.13 Å². The van der Waals surface area contributed by atoms with Gasteiger partial charge in [0.2, 0.25) is 0 Å². The van der Waals surface area contributed by atoms with Crippen LogP contribution in [0.4, 0.5) is 0 Å². The van der Waals surface area contributed by atoms with Gasteiger partial charge in [0.15, 0.2) is 12.2 Å². The van der Waals surface area contributed by atoms with Gasteiger partial charge < -0.3 is 33.8 Å². The number of unbranched alkanes of at least 4 members (excludes halogenated alkanes) is 50. The molecule has 0 rings (SSSR count). The molecule has 0 saturated carbocycles. The summed E-state index contributed by atoms with van der Waals surface area (Å²) in [5.41, 5.74) is 0. The van der Waals surface area contributed by atoms with Gasteiger partial charge in [0.05, 0.1) is 26.4 Å². The first-order valence-electron chi connectivity index (χ1n) is 40.6. The first-order valence-corrected chi connectivity index (χ1v) is 43.6. The second-order valence-electron chi connectivity index (χ2n) is 28.6. The van der Waals surface area contributed by atoms with Crippen molar-refractivity contribution in [2.75, 3.05) is 39.6 Å². The predicted octanol–water partition coefficient (Wildman–Crippen LogP) is 23.3. The molecule has 97 heavy (non-hydrogen) atoms. The molecule has 0 amide bonds. The van der Waals surface area contributed by atoms with Crippen LogP contribution < -0.4 is 0 Å². The number of hydrogen-bond donors (Lipinski definition) is 3. The molecule has 0 radical (unpaired) electrons. The number of phosphoric ester groups is 2. The topological polar surface area (TPSA) is 237 Å². The lowest BCUT2D eigenvalue weighted by Gasteiger charge is -2.21. The molecule has 0 spiro atoms. The van der Waals surface area contributed by atoms with Crippen LogP contribution in [0.2, 0.25) is 0 Å². The Morgan fingerprint density at radius 3 is 0.701 bits per heavy atom. The Kier molecular flexibility index (Phi) is 69.6. The van der Waals surface area contributed by atoms with Gasteiger partial charge >= 0.3 is 39.5 Å². The number of carbonyl (C=O) groups is 4. The highest BCUT2D eigenvalue weighted by Crippen LogP contribution is 2.45. The average Bonchev–Trinajstić information content (AvgIpc) is 2.51. The van der Waals surface area contributed by atoms with Crippen LogP contribution in [0.25, 0.3) is 0 Å². The van der Waals surface area contributed by atoms with Crippen LogP contribution in [0.15, 0.2) is 0 Å². The van der Waals surface area contributed by atoms with E-state index in [1.807, 2.05) is 0 Å². The van der Waals surface area contributed by atoms with Crippen molar-refractivity contribution in [3.63, 3.8) is 0 Å². The highest BCUT2D eigenvalue weighted by molar-refractivity contribution is 7.47. The minimum Gasteiger partial charge on any atom is -0.462 e. The van der Waals surface area contributed by atoms with Crippen LogP contribution in [0.3, 0.4) is 0 Å². The van der Waals surface area contributed by atoms with Crippen molar-refractivity contribution in [1.29, 1.82) is 0 Å². The van der Waals surface area contributed by atoms with E-state index in [1.165, 1.54) is 238 Å². The van der Waals surface area contributed by atoms with Crippen molar-refractivity contribution >= 4 is 39.5 Å². The van der Waals surface area contributed by atoms with E-state index < -0.39 is 97.5 Å². The smallest absolute Gasteiger partial charge is 0.462 e. The van der Waals surface area contributed by atoms with Crippen molar-refractivity contribution in [2.45, 2.75) is 432 Å². The largest absolute Gasteiger partial charge is 0.472 e. The number of rotatable bonds is 78. The summed E-state index contributed by atoms with van der Waals surface area (Å²) in [4.78, 5) is 72.9. The summed E-state index contributed by atoms with van der Waals surface area (Å²) in [6, 6.07) is 0. The molecule has 3 N–H and O–H groups in total. The van der Waals surface area contributed by atoms with Crippen molar-refractivity contribution < 1.29 is 80.2 Å². The quantitative estimate of drug-likeness (QED) is 0.0222. The third-order valence-electron chi connectivity index (χ3n) is 18.3. The van der Waals surface area contributed by atoms with Crippen molar-refractivity contribution in [3.8, 4) is 0 Å². The Morgan fingerprint density at radius 1 is 0.278 bits per heavy atom. The van der Waals surface area contributed by atoms with Gasteiger partial charge in [-0.2, -0.15) is 0 Å². The molecular formula is C78H152O17P2. The van der Waals surface area contributed by atoms with Crippen LogP contribution in [0.5, 0.6) is 0 Å². The fraction of sp³-hybridized carbons (Fsp3) is 0.949. The third-order valence-corrected chi connectivity index (χ3v) is 20.2. The van der Waals surface area contributed by atoms with Crippen molar-refractivity contribution in [1.82, 2.24) is 0 Å². The van der Waals surface area contributed by atoms with Gasteiger partial charge in [0, 0.05) is 25.7 Å². The van der Waals surface area contributed by atoms with Crippen LogP contribution in [-0.4, -0.2) is 96.7 Å². The lowest BCUT2D eigenvalue weighted by Crippen LogP contribution is -2.30. The Labute approximate surface area is 594 Å². The normalized spacial score (nSPS) is 13.9. The summed E-state index contributed by atoms with van der Waals surface area (Å²) in [5.74, 6) is -1.34. The molecule has 0 aromatic carbocycles. The van der Waals surface area contributed by atoms with Gasteiger partial charge in [0.1, 0.15) is 19.3 Å². The Hall–Kier alpha value is -1.94. The lowest BCUT2D eigenvalue weighted by molar-refractivity contribution is -0.161. The fourth-order valence-electron chi connectivity index (χ4n) is 12.1. The van der Waals surface area contributed by atoms with Gasteiger partial charge in [-0.1, -0.05) is 362 Å². The average molecular weight is 1420 g/mol. The zero-order chi connectivity index (χ0) is 71.2. The minimum atomic E-state index is -4.96. The van der Waals surface area contributed by atoms with Crippen LogP contribution in [0, 0.1) is 5.92 Å². The highest BCUT2D eigenvalue weighted by Gasteiger charge is 2.30. The number of hydrogen-bond acceptors (Lipinski definition) is 15. The van der Waals surface area contributed by atoms with Crippen LogP contribution in [0.1, 0.15) is 413 Å². The van der Waals surface area contributed by atoms with E-state index in [1.54, 1.807) is 0 Å². The monoisotopic (exact) mass is 1420 g/mol. The van der Waals surface area contributed by atoms with E-state index in [0.717, 1.165) is 95.8 Å². The molecule has 0 aromatic heterocycles. The number of carbonyl (C=O) groups excluding carboxylic acids is 4. The summed E-state index contributed by atoms with van der Waals surface area (Å²) < 4.78 is 68.6. The van der Waals surface area contributed by atoms with E-state index >= 15 is 0 Å². The third kappa shape index (κ3) is 72.2. The maximum absolute atomic E-state index is 13.1. The summed E-state index contributed by atoms with van der Waals surface area (Å²) in [7, 11) is -9.91. The Balaban J connectivity index is 5.26. The van der Waals surface area contributed by atoms with E-state index in [0.29, 0.717) is 25.7 Å². The molecule has 0 aliphatic heterocycles. The molecule has 0 aromatic rings. The summed E-state index contributed by atoms with van der Waals surface area (Å²) in [6.45, 7) is 7.32. The molecule has 0 fully saturated rings. The second kappa shape index (κ2) is 71.1. The van der Waals surface area contributed by atoms with Crippen molar-refractivity contribution in [3.05, 3.63) is 0 Å². The second-order valence-corrected chi connectivity index (χ2v) is 31.5. The first kappa shape index (κ1) is 95.1. The van der Waals surface area contributed by atoms with Crippen LogP contribution >= 0.6 is 15.6 Å². The molecule has 0 aliphatic rings. The molecule has 0 aliphatic carbocycles. The SMILES string of the molecule is CCCCCCCCCCCCCCCCCCCC(=O)O[C@H](COC(=O)CCCCCCCCCCCCCC(C)C)COP(=O)(O)OC[C@@H](O)COP(=O)(O)OC[C@@H](COC(=O)CCCCCCCCCCCCCCC)OC(=O)CCCCCCCCCCCCCCC. The standard InChI is InChI=1S/C78H152O17P2/c1-6-9-12-15-18-21-24-27-28-29-30-33-38-44-49-54-59-64-78(83)95-74(68-89-76(81)62-57-52-47-42-39-34-35-40-45-50-55-60-71(4)5)70-93-97(86,87)91-66-72(79)65-90-96(84,85)92-69-73(94-77(82)63-58-53-48-43-37-32-26-23-20-17-14-11-8-3)67-88-75(80)61-56-51-46-41-36-31-25-22-19-16-13-10-7-2/h71-74,79H,6-70H2,1-5H3,(H,84,85)(H,86,87)/t72-,73+,74+/m0/s1. The summed E-state index contributed by atoms with van der Waals surface area (Å²) in [6.07, 6.45) is 60.8. The number of aliphatic hydroxyl groups excluding tert-OH is 1. The number of esters is 4. The van der Waals surface area contributed by atoms with E-state index in [4.69, 9.17) is 37.0 Å². The van der Waals surface area contributed by atoms with Crippen LogP contribution in [-0.2, 0) is 65.4 Å².